The molecule has 1 aromatic carbocycles. The van der Waals surface area contributed by atoms with E-state index in [1.54, 1.807) is 0 Å². The van der Waals surface area contributed by atoms with Crippen LogP contribution < -0.4 is 5.32 Å². The Balaban J connectivity index is 1.84. The zero-order valence-electron chi connectivity index (χ0n) is 11.2. The van der Waals surface area contributed by atoms with Gasteiger partial charge in [0.05, 0.1) is 0 Å². The van der Waals surface area contributed by atoms with Gasteiger partial charge in [-0.25, -0.2) is 0 Å². The van der Waals surface area contributed by atoms with Gasteiger partial charge in [-0.2, -0.15) is 0 Å². The Hall–Kier alpha value is -0.380. The lowest BCUT2D eigenvalue weighted by Gasteiger charge is -2.24. The van der Waals surface area contributed by atoms with Gasteiger partial charge in [-0.15, -0.1) is 0 Å². The minimum atomic E-state index is 0.667. The van der Waals surface area contributed by atoms with E-state index in [2.05, 4.69) is 57.5 Å². The van der Waals surface area contributed by atoms with E-state index < -0.39 is 0 Å². The molecule has 1 aromatic rings. The summed E-state index contributed by atoms with van der Waals surface area (Å²) in [6.07, 6.45) is 5.42. The molecule has 0 radical (unpaired) electrons. The molecule has 1 aliphatic heterocycles. The minimum absolute atomic E-state index is 0.667. The van der Waals surface area contributed by atoms with Crippen molar-refractivity contribution in [3.63, 3.8) is 0 Å². The molecule has 1 saturated heterocycles. The van der Waals surface area contributed by atoms with Crippen molar-refractivity contribution in [3.8, 4) is 0 Å². The molecule has 0 bridgehead atoms. The summed E-state index contributed by atoms with van der Waals surface area (Å²) in [5.74, 6) is 0. The number of benzene rings is 1. The number of hydrogen-bond donors (Lipinski definition) is 1. The average molecular weight is 311 g/mol. The van der Waals surface area contributed by atoms with Gasteiger partial charge in [0.1, 0.15) is 0 Å². The van der Waals surface area contributed by atoms with Gasteiger partial charge >= 0.3 is 0 Å². The summed E-state index contributed by atoms with van der Waals surface area (Å²) in [4.78, 5) is 2.42. The van der Waals surface area contributed by atoms with Crippen molar-refractivity contribution in [2.24, 2.45) is 0 Å². The molecule has 1 heterocycles. The highest BCUT2D eigenvalue weighted by molar-refractivity contribution is 9.10. The highest BCUT2D eigenvalue weighted by Gasteiger charge is 2.14. The molecule has 0 aliphatic carbocycles. The topological polar surface area (TPSA) is 15.3 Å². The van der Waals surface area contributed by atoms with E-state index in [-0.39, 0.29) is 0 Å². The molecule has 1 fully saturated rings. The van der Waals surface area contributed by atoms with E-state index in [0.717, 1.165) is 13.1 Å². The van der Waals surface area contributed by atoms with Gasteiger partial charge in [0.2, 0.25) is 0 Å². The fourth-order valence-corrected chi connectivity index (χ4v) is 3.02. The van der Waals surface area contributed by atoms with Crippen LogP contribution in [0.1, 0.15) is 31.2 Å². The van der Waals surface area contributed by atoms with Crippen LogP contribution >= 0.6 is 15.9 Å². The Morgan fingerprint density at radius 2 is 2.11 bits per heavy atom. The average Bonchev–Trinajstić information content (AvgIpc) is 2.61. The normalized spacial score (nSPS) is 20.9. The first-order valence-electron chi connectivity index (χ1n) is 6.91. The highest BCUT2D eigenvalue weighted by atomic mass is 79.9. The molecule has 18 heavy (non-hydrogen) atoms. The summed E-state index contributed by atoms with van der Waals surface area (Å²) in [5, 5.41) is 3.66. The van der Waals surface area contributed by atoms with Crippen LogP contribution in [0.3, 0.4) is 0 Å². The maximum absolute atomic E-state index is 3.66. The standard InChI is InChI=1S/C15H23BrN2/c1-18(11-13-7-4-5-9-15(13)16)12-14-8-3-2-6-10-17-14/h4-5,7,9,14,17H,2-3,6,8,10-12H2,1H3. The third-order valence-corrected chi connectivity index (χ3v) is 4.37. The van der Waals surface area contributed by atoms with Crippen LogP contribution in [-0.2, 0) is 6.54 Å². The Morgan fingerprint density at radius 1 is 1.28 bits per heavy atom. The number of rotatable bonds is 4. The molecule has 1 N–H and O–H groups in total. The Bertz CT molecular complexity index is 359. The maximum atomic E-state index is 3.66. The summed E-state index contributed by atoms with van der Waals surface area (Å²) in [6, 6.07) is 9.16. The molecule has 0 amide bonds. The van der Waals surface area contributed by atoms with Crippen molar-refractivity contribution in [2.45, 2.75) is 38.3 Å². The molecule has 100 valence electrons. The summed E-state index contributed by atoms with van der Waals surface area (Å²) < 4.78 is 1.21. The van der Waals surface area contributed by atoms with Crippen LogP contribution in [0.15, 0.2) is 28.7 Å². The smallest absolute Gasteiger partial charge is 0.0242 e. The lowest BCUT2D eigenvalue weighted by Crippen LogP contribution is -2.38. The molecule has 2 nitrogen and oxygen atoms in total. The molecule has 1 atom stereocenters. The van der Waals surface area contributed by atoms with E-state index >= 15 is 0 Å². The van der Waals surface area contributed by atoms with Gasteiger partial charge in [-0.3, -0.25) is 0 Å². The quantitative estimate of drug-likeness (QED) is 0.917. The highest BCUT2D eigenvalue weighted by Crippen LogP contribution is 2.18. The van der Waals surface area contributed by atoms with Crippen molar-refractivity contribution < 1.29 is 0 Å². The second-order valence-electron chi connectivity index (χ2n) is 5.29. The van der Waals surface area contributed by atoms with Crippen LogP contribution in [0.5, 0.6) is 0 Å². The molecule has 0 aromatic heterocycles. The third kappa shape index (κ3) is 4.38. The SMILES string of the molecule is CN(Cc1ccccc1Br)CC1CCCCCN1. The fraction of sp³-hybridized carbons (Fsp3) is 0.600. The summed E-state index contributed by atoms with van der Waals surface area (Å²) in [5.41, 5.74) is 1.37. The van der Waals surface area contributed by atoms with Crippen molar-refractivity contribution in [1.29, 1.82) is 0 Å². The lowest BCUT2D eigenvalue weighted by molar-refractivity contribution is 0.278. The largest absolute Gasteiger partial charge is 0.313 e. The Morgan fingerprint density at radius 3 is 2.94 bits per heavy atom. The van der Waals surface area contributed by atoms with Gasteiger partial charge in [-0.05, 0) is 38.1 Å². The van der Waals surface area contributed by atoms with E-state index in [1.807, 2.05) is 0 Å². The number of nitrogens with one attached hydrogen (secondary N) is 1. The Labute approximate surface area is 119 Å². The monoisotopic (exact) mass is 310 g/mol. The van der Waals surface area contributed by atoms with Crippen LogP contribution in [-0.4, -0.2) is 31.1 Å². The van der Waals surface area contributed by atoms with Gasteiger partial charge in [0.15, 0.2) is 0 Å². The van der Waals surface area contributed by atoms with Crippen LogP contribution in [0, 0.1) is 0 Å². The zero-order chi connectivity index (χ0) is 12.8. The van der Waals surface area contributed by atoms with Crippen molar-refractivity contribution >= 4 is 15.9 Å². The van der Waals surface area contributed by atoms with Crippen LogP contribution in [0.4, 0.5) is 0 Å². The van der Waals surface area contributed by atoms with Crippen LogP contribution in [0.25, 0.3) is 0 Å². The Kier molecular flexibility index (Phi) is 5.67. The fourth-order valence-electron chi connectivity index (χ4n) is 2.61. The van der Waals surface area contributed by atoms with Crippen LogP contribution in [0.2, 0.25) is 0 Å². The lowest BCUT2D eigenvalue weighted by atomic mass is 10.1. The van der Waals surface area contributed by atoms with Crippen molar-refractivity contribution in [2.75, 3.05) is 20.1 Å². The molecule has 1 aliphatic rings. The van der Waals surface area contributed by atoms with Crippen molar-refractivity contribution in [1.82, 2.24) is 10.2 Å². The number of halogens is 1. The second-order valence-corrected chi connectivity index (χ2v) is 6.14. The molecule has 0 spiro atoms. The first-order chi connectivity index (χ1) is 8.75. The predicted octanol–water partition coefficient (Wildman–Crippen LogP) is 3.41. The first-order valence-corrected chi connectivity index (χ1v) is 7.70. The predicted molar refractivity (Wildman–Crippen MR) is 80.7 cm³/mol. The summed E-state index contributed by atoms with van der Waals surface area (Å²) >= 11 is 3.62. The number of nitrogens with zero attached hydrogens (tertiary/aromatic N) is 1. The first kappa shape index (κ1) is 14.0. The maximum Gasteiger partial charge on any atom is 0.0242 e. The van der Waals surface area contributed by atoms with Gasteiger partial charge in [0, 0.05) is 23.6 Å². The van der Waals surface area contributed by atoms with E-state index in [1.165, 1.54) is 42.3 Å². The molecule has 1 unspecified atom stereocenters. The molecule has 2 rings (SSSR count). The van der Waals surface area contributed by atoms with E-state index in [0.29, 0.717) is 6.04 Å². The number of likely N-dealkylation sites (N-methyl/N-ethyl adjacent to an activating group) is 1. The van der Waals surface area contributed by atoms with Crippen molar-refractivity contribution in [3.05, 3.63) is 34.3 Å². The van der Waals surface area contributed by atoms with E-state index in [4.69, 9.17) is 0 Å². The molecule has 0 saturated carbocycles. The number of hydrogen-bond acceptors (Lipinski definition) is 2. The molecular weight excluding hydrogens is 288 g/mol. The van der Waals surface area contributed by atoms with Gasteiger partial charge < -0.3 is 10.2 Å². The summed E-state index contributed by atoms with van der Waals surface area (Å²) in [6.45, 7) is 3.34. The summed E-state index contributed by atoms with van der Waals surface area (Å²) in [7, 11) is 2.21. The van der Waals surface area contributed by atoms with Gasteiger partial charge in [-0.1, -0.05) is 47.0 Å². The van der Waals surface area contributed by atoms with E-state index in [9.17, 15) is 0 Å². The minimum Gasteiger partial charge on any atom is -0.313 e. The molecular formula is C15H23BrN2. The third-order valence-electron chi connectivity index (χ3n) is 3.59. The molecule has 3 heteroatoms. The second kappa shape index (κ2) is 7.27. The van der Waals surface area contributed by atoms with Gasteiger partial charge in [0.25, 0.3) is 0 Å². The zero-order valence-corrected chi connectivity index (χ0v) is 12.7.